The summed E-state index contributed by atoms with van der Waals surface area (Å²) in [5.74, 6) is 1.03. The van der Waals surface area contributed by atoms with Crippen molar-refractivity contribution in [1.82, 2.24) is 4.90 Å². The minimum absolute atomic E-state index is 0.0175. The molecule has 1 N–H and O–H groups in total. The molecule has 0 radical (unpaired) electrons. The summed E-state index contributed by atoms with van der Waals surface area (Å²) in [5.41, 5.74) is 0.699. The summed E-state index contributed by atoms with van der Waals surface area (Å²) >= 11 is 0. The van der Waals surface area contributed by atoms with Crippen molar-refractivity contribution in [1.29, 1.82) is 0 Å². The SMILES string of the molecule is COc1ccc(NC(=O)[C@@H]2CCCN2C(=O)CCOCC(C)C)cc1. The zero-order valence-corrected chi connectivity index (χ0v) is 15.3. The third kappa shape index (κ3) is 5.74. The zero-order chi connectivity index (χ0) is 18.2. The Balaban J connectivity index is 1.86. The number of rotatable bonds is 8. The topological polar surface area (TPSA) is 67.9 Å². The highest BCUT2D eigenvalue weighted by Gasteiger charge is 2.33. The largest absolute Gasteiger partial charge is 0.497 e. The standard InChI is InChI=1S/C19H28N2O4/c1-14(2)13-25-12-10-18(22)21-11-4-5-17(21)19(23)20-15-6-8-16(24-3)9-7-15/h6-9,14,17H,4-5,10-13H2,1-3H3,(H,20,23)/t17-/m0/s1. The predicted octanol–water partition coefficient (Wildman–Crippen LogP) is 2.69. The molecule has 138 valence electrons. The second-order valence-corrected chi connectivity index (χ2v) is 6.68. The highest BCUT2D eigenvalue weighted by atomic mass is 16.5. The van der Waals surface area contributed by atoms with Crippen LogP contribution in [0.4, 0.5) is 5.69 Å². The predicted molar refractivity (Wildman–Crippen MR) is 96.6 cm³/mol. The Bertz CT molecular complexity index is 571. The van der Waals surface area contributed by atoms with E-state index in [4.69, 9.17) is 9.47 Å². The first-order valence-electron chi connectivity index (χ1n) is 8.83. The van der Waals surface area contributed by atoms with Crippen molar-refractivity contribution >= 4 is 17.5 Å². The molecular formula is C19H28N2O4. The molecule has 1 atom stereocenters. The van der Waals surface area contributed by atoms with Gasteiger partial charge in [-0.25, -0.2) is 0 Å². The Labute approximate surface area is 149 Å². The Morgan fingerprint density at radius 2 is 2.00 bits per heavy atom. The molecule has 1 fully saturated rings. The molecular weight excluding hydrogens is 320 g/mol. The number of carbonyl (C=O) groups excluding carboxylic acids is 2. The van der Waals surface area contributed by atoms with Crippen molar-refractivity contribution < 1.29 is 19.1 Å². The lowest BCUT2D eigenvalue weighted by Crippen LogP contribution is -2.43. The number of nitrogens with zero attached hydrogens (tertiary/aromatic N) is 1. The average Bonchev–Trinajstić information content (AvgIpc) is 3.09. The van der Waals surface area contributed by atoms with E-state index in [0.29, 0.717) is 44.2 Å². The van der Waals surface area contributed by atoms with Crippen molar-refractivity contribution in [3.63, 3.8) is 0 Å². The van der Waals surface area contributed by atoms with E-state index in [1.807, 2.05) is 0 Å². The smallest absolute Gasteiger partial charge is 0.247 e. The molecule has 6 nitrogen and oxygen atoms in total. The lowest BCUT2D eigenvalue weighted by molar-refractivity contribution is -0.137. The van der Waals surface area contributed by atoms with Crippen LogP contribution in [0.2, 0.25) is 0 Å². The molecule has 0 aromatic heterocycles. The fourth-order valence-electron chi connectivity index (χ4n) is 2.86. The van der Waals surface area contributed by atoms with E-state index in [1.54, 1.807) is 36.3 Å². The van der Waals surface area contributed by atoms with Gasteiger partial charge in [-0.05, 0) is 43.0 Å². The van der Waals surface area contributed by atoms with Crippen LogP contribution in [-0.2, 0) is 14.3 Å². The molecule has 1 aromatic rings. The van der Waals surface area contributed by atoms with E-state index in [0.717, 1.165) is 12.2 Å². The minimum atomic E-state index is -0.403. The maximum Gasteiger partial charge on any atom is 0.247 e. The molecule has 6 heteroatoms. The second kappa shape index (κ2) is 9.42. The van der Waals surface area contributed by atoms with Crippen molar-refractivity contribution in [2.45, 2.75) is 39.2 Å². The summed E-state index contributed by atoms with van der Waals surface area (Å²) in [6.07, 6.45) is 1.86. The number of ether oxygens (including phenoxy) is 2. The van der Waals surface area contributed by atoms with Crippen LogP contribution in [0.25, 0.3) is 0 Å². The molecule has 2 rings (SSSR count). The van der Waals surface area contributed by atoms with Gasteiger partial charge in [-0.2, -0.15) is 0 Å². The van der Waals surface area contributed by atoms with Gasteiger partial charge in [-0.1, -0.05) is 13.8 Å². The van der Waals surface area contributed by atoms with E-state index in [1.165, 1.54) is 0 Å². The summed E-state index contributed by atoms with van der Waals surface area (Å²) in [4.78, 5) is 26.6. The van der Waals surface area contributed by atoms with E-state index >= 15 is 0 Å². The number of nitrogens with one attached hydrogen (secondary N) is 1. The van der Waals surface area contributed by atoms with Gasteiger partial charge in [0.05, 0.1) is 20.1 Å². The molecule has 1 saturated heterocycles. The molecule has 0 spiro atoms. The van der Waals surface area contributed by atoms with Crippen molar-refractivity contribution in [3.8, 4) is 5.75 Å². The first-order chi connectivity index (χ1) is 12.0. The maximum absolute atomic E-state index is 12.5. The molecule has 0 unspecified atom stereocenters. The van der Waals surface area contributed by atoms with Crippen LogP contribution >= 0.6 is 0 Å². The fourth-order valence-corrected chi connectivity index (χ4v) is 2.86. The highest BCUT2D eigenvalue weighted by molar-refractivity contribution is 5.97. The number of amides is 2. The van der Waals surface area contributed by atoms with Gasteiger partial charge < -0.3 is 19.7 Å². The first kappa shape index (κ1) is 19.2. The molecule has 0 aliphatic carbocycles. The monoisotopic (exact) mass is 348 g/mol. The van der Waals surface area contributed by atoms with Gasteiger partial charge in [0.25, 0.3) is 0 Å². The number of hydrogen-bond donors (Lipinski definition) is 1. The van der Waals surface area contributed by atoms with Gasteiger partial charge in [0.1, 0.15) is 11.8 Å². The lowest BCUT2D eigenvalue weighted by atomic mass is 10.2. The molecule has 25 heavy (non-hydrogen) atoms. The van der Waals surface area contributed by atoms with E-state index < -0.39 is 6.04 Å². The summed E-state index contributed by atoms with van der Waals surface area (Å²) in [5, 5.41) is 2.88. The maximum atomic E-state index is 12.5. The van der Waals surface area contributed by atoms with E-state index in [-0.39, 0.29) is 11.8 Å². The van der Waals surface area contributed by atoms with Gasteiger partial charge in [-0.3, -0.25) is 9.59 Å². The zero-order valence-electron chi connectivity index (χ0n) is 15.3. The van der Waals surface area contributed by atoms with Gasteiger partial charge in [0, 0.05) is 18.8 Å². The van der Waals surface area contributed by atoms with Crippen LogP contribution in [0.5, 0.6) is 5.75 Å². The normalized spacial score (nSPS) is 17.0. The van der Waals surface area contributed by atoms with Crippen LogP contribution in [0.15, 0.2) is 24.3 Å². The number of hydrogen-bond acceptors (Lipinski definition) is 4. The van der Waals surface area contributed by atoms with Crippen LogP contribution in [-0.4, -0.2) is 49.6 Å². The van der Waals surface area contributed by atoms with Crippen LogP contribution in [0.3, 0.4) is 0 Å². The number of methoxy groups -OCH3 is 1. The average molecular weight is 348 g/mol. The quantitative estimate of drug-likeness (QED) is 0.734. The number of benzene rings is 1. The third-order valence-electron chi connectivity index (χ3n) is 4.14. The van der Waals surface area contributed by atoms with E-state index in [9.17, 15) is 9.59 Å². The molecule has 1 heterocycles. The summed E-state index contributed by atoms with van der Waals surface area (Å²) in [7, 11) is 1.60. The molecule has 0 bridgehead atoms. The van der Waals surface area contributed by atoms with Gasteiger partial charge in [0.15, 0.2) is 0 Å². The van der Waals surface area contributed by atoms with Crippen LogP contribution in [0, 0.1) is 5.92 Å². The summed E-state index contributed by atoms with van der Waals surface area (Å²) in [6.45, 7) is 5.82. The molecule has 1 aliphatic rings. The fraction of sp³-hybridized carbons (Fsp3) is 0.579. The Hall–Kier alpha value is -2.08. The Kier molecular flexibility index (Phi) is 7.25. The summed E-state index contributed by atoms with van der Waals surface area (Å²) < 4.78 is 10.6. The molecule has 2 amide bonds. The van der Waals surface area contributed by atoms with Crippen molar-refractivity contribution in [2.24, 2.45) is 5.92 Å². The van der Waals surface area contributed by atoms with Gasteiger partial charge >= 0.3 is 0 Å². The Morgan fingerprint density at radius 3 is 2.64 bits per heavy atom. The number of carbonyl (C=O) groups is 2. The van der Waals surface area contributed by atoms with Crippen LogP contribution < -0.4 is 10.1 Å². The molecule has 0 saturated carbocycles. The lowest BCUT2D eigenvalue weighted by Gasteiger charge is -2.24. The summed E-state index contributed by atoms with van der Waals surface area (Å²) in [6, 6.07) is 6.76. The molecule has 1 aromatic carbocycles. The van der Waals surface area contributed by atoms with Crippen molar-refractivity contribution in [2.75, 3.05) is 32.2 Å². The van der Waals surface area contributed by atoms with Gasteiger partial charge in [0.2, 0.25) is 11.8 Å². The molecule has 1 aliphatic heterocycles. The minimum Gasteiger partial charge on any atom is -0.497 e. The first-order valence-corrected chi connectivity index (χ1v) is 8.83. The second-order valence-electron chi connectivity index (χ2n) is 6.68. The Morgan fingerprint density at radius 1 is 1.28 bits per heavy atom. The number of anilines is 1. The number of likely N-dealkylation sites (tertiary alicyclic amines) is 1. The third-order valence-corrected chi connectivity index (χ3v) is 4.14. The highest BCUT2D eigenvalue weighted by Crippen LogP contribution is 2.21. The van der Waals surface area contributed by atoms with E-state index in [2.05, 4.69) is 19.2 Å². The van der Waals surface area contributed by atoms with Gasteiger partial charge in [-0.15, -0.1) is 0 Å². The van der Waals surface area contributed by atoms with Crippen LogP contribution in [0.1, 0.15) is 33.1 Å². The van der Waals surface area contributed by atoms with Crippen molar-refractivity contribution in [3.05, 3.63) is 24.3 Å².